The number of halogens is 2. The summed E-state index contributed by atoms with van der Waals surface area (Å²) in [5, 5.41) is 12.4. The van der Waals surface area contributed by atoms with E-state index < -0.39 is 22.9 Å². The molecular formula is C43H30ClFN4O3S2. The standard InChI is InChI=1S/C43H30ClFN4O3S2/c44-35-19-10-20-36(45)34(35)25-37(47-40(50)29-14-5-2-6-15-29)41(51)46-32-17-9-18-33(24-32)54-39(28-12-3-1-4-13-28)42(52)49-43-48-38(26-53-43)31-22-21-27-11-7-8-16-30(27)23-31/h1-26,39H,(H,46,51)(H,47,50)(H,48,49,52)/b37-25+. The van der Waals surface area contributed by atoms with E-state index in [1.165, 1.54) is 47.4 Å². The van der Waals surface area contributed by atoms with Gasteiger partial charge >= 0.3 is 0 Å². The van der Waals surface area contributed by atoms with E-state index in [4.69, 9.17) is 16.6 Å². The summed E-state index contributed by atoms with van der Waals surface area (Å²) in [4.78, 5) is 46.1. The molecule has 6 aromatic carbocycles. The number of carbonyl (C=O) groups is 3. The lowest BCUT2D eigenvalue weighted by Gasteiger charge is -2.17. The largest absolute Gasteiger partial charge is 0.321 e. The molecular weight excluding hydrogens is 739 g/mol. The number of thiazole rings is 1. The van der Waals surface area contributed by atoms with Crippen LogP contribution in [0, 0.1) is 5.82 Å². The highest BCUT2D eigenvalue weighted by atomic mass is 35.5. The smallest absolute Gasteiger partial charge is 0.272 e. The van der Waals surface area contributed by atoms with Crippen molar-refractivity contribution in [2.45, 2.75) is 10.1 Å². The number of hydrogen-bond acceptors (Lipinski definition) is 6. The van der Waals surface area contributed by atoms with E-state index in [1.54, 1.807) is 48.5 Å². The Balaban J connectivity index is 1.11. The van der Waals surface area contributed by atoms with Gasteiger partial charge in [-0.3, -0.25) is 14.4 Å². The van der Waals surface area contributed by atoms with Crippen molar-refractivity contribution in [3.05, 3.63) is 184 Å². The number of amides is 3. The summed E-state index contributed by atoms with van der Waals surface area (Å²) in [5.74, 6) is -2.19. The summed E-state index contributed by atoms with van der Waals surface area (Å²) in [7, 11) is 0. The number of anilines is 2. The Bertz CT molecular complexity index is 2490. The van der Waals surface area contributed by atoms with Gasteiger partial charge in [-0.25, -0.2) is 9.37 Å². The zero-order valence-corrected chi connectivity index (χ0v) is 30.7. The van der Waals surface area contributed by atoms with Crippen LogP contribution in [0.5, 0.6) is 0 Å². The summed E-state index contributed by atoms with van der Waals surface area (Å²) in [6.45, 7) is 0. The number of benzene rings is 6. The molecule has 1 unspecified atom stereocenters. The third-order valence-corrected chi connectivity index (χ3v) is 10.6. The Morgan fingerprint density at radius 3 is 2.26 bits per heavy atom. The van der Waals surface area contributed by atoms with Crippen LogP contribution in [0.3, 0.4) is 0 Å². The van der Waals surface area contributed by atoms with Gasteiger partial charge in [0.15, 0.2) is 5.13 Å². The van der Waals surface area contributed by atoms with Crippen molar-refractivity contribution >= 4 is 80.1 Å². The third-order valence-electron chi connectivity index (χ3n) is 8.28. The first-order valence-electron chi connectivity index (χ1n) is 16.7. The van der Waals surface area contributed by atoms with Crippen LogP contribution in [0.25, 0.3) is 28.1 Å². The minimum atomic E-state index is -0.705. The number of aromatic nitrogens is 1. The molecule has 1 aromatic heterocycles. The van der Waals surface area contributed by atoms with Crippen LogP contribution in [0.1, 0.15) is 26.7 Å². The first-order chi connectivity index (χ1) is 26.3. The second-order valence-corrected chi connectivity index (χ2v) is 14.4. The fourth-order valence-corrected chi connectivity index (χ4v) is 7.62. The van der Waals surface area contributed by atoms with E-state index in [2.05, 4.69) is 40.2 Å². The molecule has 3 N–H and O–H groups in total. The third kappa shape index (κ3) is 8.75. The quantitative estimate of drug-likeness (QED) is 0.0899. The van der Waals surface area contributed by atoms with E-state index >= 15 is 0 Å². The molecule has 0 saturated heterocycles. The number of thioether (sulfide) groups is 1. The van der Waals surface area contributed by atoms with Gasteiger partial charge in [-0.1, -0.05) is 109 Å². The second kappa shape index (κ2) is 16.7. The molecule has 0 bridgehead atoms. The van der Waals surface area contributed by atoms with E-state index in [-0.39, 0.29) is 22.2 Å². The highest BCUT2D eigenvalue weighted by molar-refractivity contribution is 8.00. The van der Waals surface area contributed by atoms with Crippen molar-refractivity contribution in [3.63, 3.8) is 0 Å². The van der Waals surface area contributed by atoms with Gasteiger partial charge in [0.2, 0.25) is 5.91 Å². The Morgan fingerprint density at radius 1 is 0.759 bits per heavy atom. The molecule has 0 aliphatic heterocycles. The average Bonchev–Trinajstić information content (AvgIpc) is 3.67. The fraction of sp³-hybridized carbons (Fsp3) is 0.0233. The maximum atomic E-state index is 14.8. The molecule has 7 aromatic rings. The first kappa shape index (κ1) is 36.3. The lowest BCUT2D eigenvalue weighted by molar-refractivity contribution is -0.116. The number of carbonyl (C=O) groups excluding carboxylic acids is 3. The van der Waals surface area contributed by atoms with Gasteiger partial charge in [-0.05, 0) is 70.9 Å². The number of nitrogens with one attached hydrogen (secondary N) is 3. The summed E-state index contributed by atoms with van der Waals surface area (Å²) in [5.41, 5.74) is 2.91. The van der Waals surface area contributed by atoms with Crippen molar-refractivity contribution in [1.29, 1.82) is 0 Å². The Kier molecular flexibility index (Phi) is 11.2. The zero-order chi connectivity index (χ0) is 37.4. The van der Waals surface area contributed by atoms with Crippen LogP contribution in [-0.4, -0.2) is 22.7 Å². The van der Waals surface area contributed by atoms with Gasteiger partial charge in [0.1, 0.15) is 16.8 Å². The second-order valence-electron chi connectivity index (χ2n) is 12.0. The van der Waals surface area contributed by atoms with Gasteiger partial charge in [-0.2, -0.15) is 0 Å². The number of nitrogens with zero attached hydrogens (tertiary/aromatic N) is 1. The lowest BCUT2D eigenvalue weighted by atomic mass is 10.1. The van der Waals surface area contributed by atoms with Crippen LogP contribution in [0.4, 0.5) is 15.2 Å². The monoisotopic (exact) mass is 768 g/mol. The number of hydrogen-bond donors (Lipinski definition) is 3. The van der Waals surface area contributed by atoms with Crippen LogP contribution < -0.4 is 16.0 Å². The fourth-order valence-electron chi connectivity index (χ4n) is 5.60. The maximum Gasteiger partial charge on any atom is 0.272 e. The molecule has 0 aliphatic rings. The Hall–Kier alpha value is -6.07. The molecule has 1 atom stereocenters. The van der Waals surface area contributed by atoms with E-state index in [0.717, 1.165) is 27.6 Å². The molecule has 0 aliphatic carbocycles. The van der Waals surface area contributed by atoms with Crippen LogP contribution in [-0.2, 0) is 9.59 Å². The van der Waals surface area contributed by atoms with Gasteiger partial charge in [0.25, 0.3) is 11.8 Å². The molecule has 7 nitrogen and oxygen atoms in total. The van der Waals surface area contributed by atoms with E-state index in [9.17, 15) is 18.8 Å². The summed E-state index contributed by atoms with van der Waals surface area (Å²) in [6.07, 6.45) is 1.20. The van der Waals surface area contributed by atoms with E-state index in [1.807, 2.05) is 60.0 Å². The van der Waals surface area contributed by atoms with Crippen LogP contribution >= 0.6 is 34.7 Å². The van der Waals surface area contributed by atoms with Gasteiger partial charge < -0.3 is 16.0 Å². The minimum absolute atomic E-state index is 0.0525. The van der Waals surface area contributed by atoms with Gasteiger partial charge in [-0.15, -0.1) is 23.1 Å². The number of fused-ring (bicyclic) bond motifs is 1. The van der Waals surface area contributed by atoms with E-state index in [0.29, 0.717) is 21.3 Å². The van der Waals surface area contributed by atoms with Crippen LogP contribution in [0.2, 0.25) is 5.02 Å². The molecule has 11 heteroatoms. The lowest BCUT2D eigenvalue weighted by Crippen LogP contribution is -2.30. The zero-order valence-electron chi connectivity index (χ0n) is 28.3. The average molecular weight is 769 g/mol. The van der Waals surface area contributed by atoms with Crippen molar-refractivity contribution < 1.29 is 18.8 Å². The molecule has 1 heterocycles. The summed E-state index contributed by atoms with van der Waals surface area (Å²) >= 11 is 8.92. The van der Waals surface area contributed by atoms with Crippen molar-refractivity contribution in [3.8, 4) is 11.3 Å². The molecule has 0 radical (unpaired) electrons. The normalized spacial score (nSPS) is 11.9. The topological polar surface area (TPSA) is 100 Å². The molecule has 0 spiro atoms. The van der Waals surface area contributed by atoms with Gasteiger partial charge in [0, 0.05) is 32.7 Å². The summed E-state index contributed by atoms with van der Waals surface area (Å²) in [6, 6.07) is 43.1. The highest BCUT2D eigenvalue weighted by Gasteiger charge is 2.24. The predicted molar refractivity (Wildman–Crippen MR) is 217 cm³/mol. The molecule has 54 heavy (non-hydrogen) atoms. The molecule has 0 saturated carbocycles. The maximum absolute atomic E-state index is 14.8. The SMILES string of the molecule is O=C(Nc1cccc(SC(C(=O)Nc2nc(-c3ccc4ccccc4c3)cs2)c2ccccc2)c1)/C(=C\c1c(F)cccc1Cl)NC(=O)c1ccccc1. The highest BCUT2D eigenvalue weighted by Crippen LogP contribution is 2.38. The van der Waals surface area contributed by atoms with Crippen molar-refractivity contribution in [2.24, 2.45) is 0 Å². The van der Waals surface area contributed by atoms with Crippen molar-refractivity contribution in [2.75, 3.05) is 10.6 Å². The predicted octanol–water partition coefficient (Wildman–Crippen LogP) is 10.6. The Labute approximate surface area is 323 Å². The Morgan fingerprint density at radius 2 is 1.48 bits per heavy atom. The summed E-state index contributed by atoms with van der Waals surface area (Å²) < 4.78 is 14.8. The molecule has 3 amide bonds. The van der Waals surface area contributed by atoms with Crippen LogP contribution in [0.15, 0.2) is 162 Å². The first-order valence-corrected chi connectivity index (χ1v) is 18.8. The number of rotatable bonds is 11. The molecule has 266 valence electrons. The molecule has 0 fully saturated rings. The molecule has 7 rings (SSSR count). The van der Waals surface area contributed by atoms with Crippen molar-refractivity contribution in [1.82, 2.24) is 10.3 Å². The minimum Gasteiger partial charge on any atom is -0.321 e. The van der Waals surface area contributed by atoms with Gasteiger partial charge in [0.05, 0.1) is 10.7 Å².